The molecule has 4 heterocycles. The van der Waals surface area contributed by atoms with Gasteiger partial charge in [0.2, 0.25) is 11.8 Å². The second kappa shape index (κ2) is 9.87. The van der Waals surface area contributed by atoms with Crippen LogP contribution in [0, 0.1) is 0 Å². The second-order valence-corrected chi connectivity index (χ2v) is 9.70. The highest BCUT2D eigenvalue weighted by atomic mass is 16.3. The molecule has 198 valence electrons. The number of hydrogen-bond acceptors (Lipinski definition) is 8. The number of benzene rings is 4. The summed E-state index contributed by atoms with van der Waals surface area (Å²) in [5.74, 6) is 0.857. The predicted octanol–water partition coefficient (Wildman–Crippen LogP) is 7.88. The molecule has 8 nitrogen and oxygen atoms in total. The van der Waals surface area contributed by atoms with E-state index in [2.05, 4.69) is 72.8 Å². The first-order valence-corrected chi connectivity index (χ1v) is 13.4. The fourth-order valence-electron chi connectivity index (χ4n) is 5.40. The highest BCUT2D eigenvalue weighted by Crippen LogP contribution is 2.44. The first-order valence-electron chi connectivity index (χ1n) is 13.4. The fourth-order valence-corrected chi connectivity index (χ4v) is 5.40. The largest absolute Gasteiger partial charge is 0.443 e. The summed E-state index contributed by atoms with van der Waals surface area (Å²) in [6, 6.07) is 32.8. The topological polar surface area (TPSA) is 104 Å². The maximum atomic E-state index is 5.43. The van der Waals surface area contributed by atoms with Crippen LogP contribution in [-0.2, 0) is 0 Å². The second-order valence-electron chi connectivity index (χ2n) is 9.70. The lowest BCUT2D eigenvalue weighted by atomic mass is 9.87. The minimum absolute atomic E-state index is 0.428. The van der Waals surface area contributed by atoms with Crippen molar-refractivity contribution < 1.29 is 8.83 Å². The summed E-state index contributed by atoms with van der Waals surface area (Å²) < 4.78 is 10.9. The molecule has 8 rings (SSSR count). The van der Waals surface area contributed by atoms with Gasteiger partial charge in [0.25, 0.3) is 0 Å². The Morgan fingerprint density at radius 1 is 0.405 bits per heavy atom. The lowest BCUT2D eigenvalue weighted by Crippen LogP contribution is -1.97. The first-order chi connectivity index (χ1) is 20.8. The molecule has 0 bridgehead atoms. The van der Waals surface area contributed by atoms with Gasteiger partial charge < -0.3 is 8.83 Å². The molecular formula is C34H20N6O2. The average molecular weight is 545 g/mol. The Hall–Kier alpha value is -6.02. The smallest absolute Gasteiger partial charge is 0.246 e. The van der Waals surface area contributed by atoms with Gasteiger partial charge in [-0.3, -0.25) is 0 Å². The van der Waals surface area contributed by atoms with E-state index >= 15 is 0 Å². The van der Waals surface area contributed by atoms with E-state index in [1.165, 1.54) is 12.5 Å². The Labute approximate surface area is 239 Å². The van der Waals surface area contributed by atoms with Crippen LogP contribution >= 0.6 is 0 Å². The molecule has 0 spiro atoms. The van der Waals surface area contributed by atoms with Gasteiger partial charge in [0, 0.05) is 11.1 Å². The van der Waals surface area contributed by atoms with Crippen LogP contribution in [0.1, 0.15) is 0 Å². The van der Waals surface area contributed by atoms with Crippen LogP contribution in [0.25, 0.3) is 78.4 Å². The van der Waals surface area contributed by atoms with E-state index < -0.39 is 0 Å². The first kappa shape index (κ1) is 23.8. The molecule has 0 aliphatic carbocycles. The Bertz CT molecular complexity index is 2160. The highest BCUT2D eigenvalue weighted by Gasteiger charge is 2.20. The molecule has 0 saturated carbocycles. The minimum atomic E-state index is 0.428. The number of oxazole rings is 2. The maximum absolute atomic E-state index is 5.43. The van der Waals surface area contributed by atoms with Gasteiger partial charge in [0.15, 0.2) is 0 Å². The molecule has 8 heteroatoms. The number of rotatable bonds is 5. The Morgan fingerprint density at radius 3 is 1.43 bits per heavy atom. The van der Waals surface area contributed by atoms with Crippen molar-refractivity contribution >= 4 is 21.5 Å². The van der Waals surface area contributed by atoms with E-state index in [0.29, 0.717) is 23.2 Å². The van der Waals surface area contributed by atoms with E-state index in [9.17, 15) is 0 Å². The van der Waals surface area contributed by atoms with Gasteiger partial charge in [0.1, 0.15) is 23.9 Å². The van der Waals surface area contributed by atoms with Gasteiger partial charge in [-0.05, 0) is 63.0 Å². The zero-order valence-electron chi connectivity index (χ0n) is 22.0. The quantitative estimate of drug-likeness (QED) is 0.202. The van der Waals surface area contributed by atoms with Crippen molar-refractivity contribution in [2.75, 3.05) is 0 Å². The lowest BCUT2D eigenvalue weighted by molar-refractivity contribution is 0.570. The summed E-state index contributed by atoms with van der Waals surface area (Å²) in [5.41, 5.74) is 6.82. The molecule has 0 unspecified atom stereocenters. The van der Waals surface area contributed by atoms with Crippen molar-refractivity contribution in [3.63, 3.8) is 0 Å². The third-order valence-corrected chi connectivity index (χ3v) is 7.28. The van der Waals surface area contributed by atoms with Crippen molar-refractivity contribution in [3.05, 3.63) is 122 Å². The van der Waals surface area contributed by atoms with Gasteiger partial charge in [-0.1, -0.05) is 66.7 Å². The van der Waals surface area contributed by atoms with Gasteiger partial charge >= 0.3 is 0 Å². The predicted molar refractivity (Wildman–Crippen MR) is 160 cm³/mol. The average Bonchev–Trinajstić information content (AvgIpc) is 3.80. The Balaban J connectivity index is 1.40. The van der Waals surface area contributed by atoms with E-state index in [4.69, 9.17) is 8.83 Å². The summed E-state index contributed by atoms with van der Waals surface area (Å²) in [4.78, 5) is 8.41. The monoisotopic (exact) mass is 544 g/mol. The van der Waals surface area contributed by atoms with Gasteiger partial charge in [0.05, 0.1) is 23.8 Å². The van der Waals surface area contributed by atoms with Crippen LogP contribution < -0.4 is 0 Å². The molecule has 4 aromatic carbocycles. The number of fused-ring (bicyclic) bond motifs is 2. The number of hydrogen-bond donors (Lipinski definition) is 0. The Kier molecular flexibility index (Phi) is 5.60. The summed E-state index contributed by atoms with van der Waals surface area (Å²) >= 11 is 0. The molecule has 0 aliphatic rings. The standard InChI is InChI=1S/C34H20N6O2/c1-2-6-21(7-3-1)22-10-11-25-26(20-22)32(28-13-15-30(40-38-28)34-36-17-19-42-34)24-9-5-4-8-23(24)31(25)27-12-14-29(39-37-27)33-35-16-18-41-33/h1-20H. The molecule has 0 aliphatic heterocycles. The summed E-state index contributed by atoms with van der Waals surface area (Å²) in [6.45, 7) is 0. The normalized spacial score (nSPS) is 11.3. The summed E-state index contributed by atoms with van der Waals surface area (Å²) in [7, 11) is 0. The molecule has 0 atom stereocenters. The molecule has 42 heavy (non-hydrogen) atoms. The minimum Gasteiger partial charge on any atom is -0.443 e. The van der Waals surface area contributed by atoms with Crippen molar-refractivity contribution in [1.82, 2.24) is 30.4 Å². The van der Waals surface area contributed by atoms with Crippen molar-refractivity contribution in [2.45, 2.75) is 0 Å². The van der Waals surface area contributed by atoms with Crippen LogP contribution in [0.5, 0.6) is 0 Å². The molecule has 0 radical (unpaired) electrons. The molecule has 0 N–H and O–H groups in total. The van der Waals surface area contributed by atoms with E-state index in [1.807, 2.05) is 54.6 Å². The third kappa shape index (κ3) is 4.01. The lowest BCUT2D eigenvalue weighted by Gasteiger charge is -2.17. The Morgan fingerprint density at radius 2 is 0.905 bits per heavy atom. The van der Waals surface area contributed by atoms with E-state index in [0.717, 1.165) is 55.2 Å². The van der Waals surface area contributed by atoms with Crippen LogP contribution in [0.3, 0.4) is 0 Å². The van der Waals surface area contributed by atoms with E-state index in [-0.39, 0.29) is 0 Å². The molecular weight excluding hydrogens is 524 g/mol. The van der Waals surface area contributed by atoms with Crippen molar-refractivity contribution in [2.24, 2.45) is 0 Å². The summed E-state index contributed by atoms with van der Waals surface area (Å²) in [5, 5.41) is 22.3. The SMILES string of the molecule is c1ccc(-c2ccc3c(-c4ccc(-c5ncco5)nn4)c4ccccc4c(-c4ccc(-c5ncco5)nn4)c3c2)cc1. The number of nitrogens with zero attached hydrogens (tertiary/aromatic N) is 6. The molecule has 0 saturated heterocycles. The van der Waals surface area contributed by atoms with Crippen LogP contribution in [0.2, 0.25) is 0 Å². The van der Waals surface area contributed by atoms with Gasteiger partial charge in [-0.2, -0.15) is 0 Å². The zero-order chi connectivity index (χ0) is 27.9. The van der Waals surface area contributed by atoms with Crippen molar-refractivity contribution in [3.8, 4) is 56.8 Å². The van der Waals surface area contributed by atoms with Gasteiger partial charge in [-0.25, -0.2) is 9.97 Å². The van der Waals surface area contributed by atoms with Crippen molar-refractivity contribution in [1.29, 1.82) is 0 Å². The zero-order valence-corrected chi connectivity index (χ0v) is 22.0. The van der Waals surface area contributed by atoms with Crippen LogP contribution in [-0.4, -0.2) is 30.4 Å². The molecule has 0 fully saturated rings. The van der Waals surface area contributed by atoms with Crippen LogP contribution in [0.4, 0.5) is 0 Å². The number of aromatic nitrogens is 6. The molecule has 4 aromatic heterocycles. The van der Waals surface area contributed by atoms with Crippen LogP contribution in [0.15, 0.2) is 131 Å². The molecule has 0 amide bonds. The van der Waals surface area contributed by atoms with E-state index in [1.54, 1.807) is 12.4 Å². The fraction of sp³-hybridized carbons (Fsp3) is 0. The van der Waals surface area contributed by atoms with Gasteiger partial charge in [-0.15, -0.1) is 20.4 Å². The molecule has 8 aromatic rings. The summed E-state index contributed by atoms with van der Waals surface area (Å²) in [6.07, 6.45) is 6.23. The third-order valence-electron chi connectivity index (χ3n) is 7.28. The highest BCUT2D eigenvalue weighted by molar-refractivity contribution is 6.21. The maximum Gasteiger partial charge on any atom is 0.246 e.